The van der Waals surface area contributed by atoms with Crippen molar-refractivity contribution in [2.24, 2.45) is 0 Å². The molecule has 70 valence electrons. The van der Waals surface area contributed by atoms with E-state index in [4.69, 9.17) is 4.74 Å². The van der Waals surface area contributed by atoms with Gasteiger partial charge in [0.15, 0.2) is 5.88 Å². The van der Waals surface area contributed by atoms with Gasteiger partial charge in [-0.15, -0.1) is 0 Å². The van der Waals surface area contributed by atoms with E-state index in [1.54, 1.807) is 6.92 Å². The van der Waals surface area contributed by atoms with Gasteiger partial charge >= 0.3 is 11.2 Å². The Balaban J connectivity index is 3.06. The second-order valence-electron chi connectivity index (χ2n) is 2.23. The molecule has 1 N–H and O–H groups in total. The molecule has 0 aliphatic carbocycles. The number of nitrogens with zero attached hydrogens (tertiary/aromatic N) is 1. The second kappa shape index (κ2) is 3.70. The number of nitrogens with one attached hydrogen (secondary N) is 1. The van der Waals surface area contributed by atoms with Crippen LogP contribution in [0.15, 0.2) is 16.9 Å². The van der Waals surface area contributed by atoms with Crippen molar-refractivity contribution in [3.8, 4) is 5.88 Å². The van der Waals surface area contributed by atoms with Crippen LogP contribution in [0.5, 0.6) is 5.88 Å². The van der Waals surface area contributed by atoms with Gasteiger partial charge in [0, 0.05) is 12.1 Å². The van der Waals surface area contributed by atoms with Crippen LogP contribution in [0.1, 0.15) is 6.92 Å². The Morgan fingerprint density at radius 2 is 2.31 bits per heavy atom. The standard InChI is InChI=1S/C7H8N2O4/c1-2-13-6-4-3-5(9(11)12)7(10)8-6/h3-4H,2H2,1H3,(H,8,10). The van der Waals surface area contributed by atoms with E-state index in [0.717, 1.165) is 6.07 Å². The lowest BCUT2D eigenvalue weighted by Crippen LogP contribution is -2.12. The monoisotopic (exact) mass is 184 g/mol. The molecule has 0 aromatic carbocycles. The third-order valence-corrected chi connectivity index (χ3v) is 1.36. The van der Waals surface area contributed by atoms with E-state index in [1.807, 2.05) is 0 Å². The minimum Gasteiger partial charge on any atom is -0.479 e. The van der Waals surface area contributed by atoms with Crippen LogP contribution in [-0.4, -0.2) is 16.5 Å². The predicted octanol–water partition coefficient (Wildman–Crippen LogP) is 0.682. The highest BCUT2D eigenvalue weighted by Gasteiger charge is 2.11. The van der Waals surface area contributed by atoms with E-state index in [0.29, 0.717) is 6.61 Å². The molecule has 0 bridgehead atoms. The first kappa shape index (κ1) is 9.24. The van der Waals surface area contributed by atoms with Gasteiger partial charge in [0.25, 0.3) is 0 Å². The van der Waals surface area contributed by atoms with Crippen molar-refractivity contribution in [2.75, 3.05) is 6.61 Å². The zero-order valence-corrected chi connectivity index (χ0v) is 6.94. The molecule has 0 spiro atoms. The summed E-state index contributed by atoms with van der Waals surface area (Å²) in [5.74, 6) is 0.234. The number of ether oxygens (including phenoxy) is 1. The van der Waals surface area contributed by atoms with Crippen molar-refractivity contribution in [2.45, 2.75) is 6.92 Å². The van der Waals surface area contributed by atoms with Crippen LogP contribution in [0, 0.1) is 10.1 Å². The fraction of sp³-hybridized carbons (Fsp3) is 0.286. The van der Waals surface area contributed by atoms with E-state index in [9.17, 15) is 14.9 Å². The van der Waals surface area contributed by atoms with E-state index >= 15 is 0 Å². The number of aromatic nitrogens is 1. The number of nitro groups is 1. The molecule has 0 saturated carbocycles. The van der Waals surface area contributed by atoms with Gasteiger partial charge in [0.1, 0.15) is 0 Å². The molecule has 13 heavy (non-hydrogen) atoms. The third kappa shape index (κ3) is 2.05. The highest BCUT2D eigenvalue weighted by Crippen LogP contribution is 2.08. The van der Waals surface area contributed by atoms with Gasteiger partial charge in [-0.1, -0.05) is 0 Å². The minimum absolute atomic E-state index is 0.234. The number of rotatable bonds is 3. The van der Waals surface area contributed by atoms with Gasteiger partial charge in [-0.05, 0) is 6.92 Å². The second-order valence-corrected chi connectivity index (χ2v) is 2.23. The molecular formula is C7H8N2O4. The first-order valence-electron chi connectivity index (χ1n) is 3.65. The molecule has 0 fully saturated rings. The lowest BCUT2D eigenvalue weighted by molar-refractivity contribution is -0.386. The van der Waals surface area contributed by atoms with E-state index in [-0.39, 0.29) is 5.88 Å². The molecule has 1 heterocycles. The van der Waals surface area contributed by atoms with Crippen LogP contribution in [0.2, 0.25) is 0 Å². The summed E-state index contributed by atoms with van der Waals surface area (Å²) in [6, 6.07) is 2.47. The Kier molecular flexibility index (Phi) is 2.63. The number of hydrogen-bond donors (Lipinski definition) is 1. The Hall–Kier alpha value is -1.85. The predicted molar refractivity (Wildman–Crippen MR) is 44.9 cm³/mol. The molecule has 6 nitrogen and oxygen atoms in total. The normalized spacial score (nSPS) is 9.62. The molecule has 1 rings (SSSR count). The number of H-pyrrole nitrogens is 1. The van der Waals surface area contributed by atoms with Crippen molar-refractivity contribution in [1.82, 2.24) is 4.98 Å². The summed E-state index contributed by atoms with van der Waals surface area (Å²) in [6.07, 6.45) is 0. The summed E-state index contributed by atoms with van der Waals surface area (Å²) in [4.78, 5) is 22.7. The van der Waals surface area contributed by atoms with Gasteiger partial charge < -0.3 is 4.74 Å². The number of pyridine rings is 1. The van der Waals surface area contributed by atoms with Gasteiger partial charge in [-0.25, -0.2) is 0 Å². The molecule has 0 aliphatic heterocycles. The Labute approximate surface area is 73.3 Å². The van der Waals surface area contributed by atoms with Gasteiger partial charge in [0.2, 0.25) is 0 Å². The van der Waals surface area contributed by atoms with Crippen LogP contribution in [0.3, 0.4) is 0 Å². The van der Waals surface area contributed by atoms with Crippen molar-refractivity contribution < 1.29 is 9.66 Å². The summed E-state index contributed by atoms with van der Waals surface area (Å²) < 4.78 is 4.94. The van der Waals surface area contributed by atoms with Crippen LogP contribution < -0.4 is 10.3 Å². The zero-order chi connectivity index (χ0) is 9.84. The molecule has 0 atom stereocenters. The fourth-order valence-corrected chi connectivity index (χ4v) is 0.831. The van der Waals surface area contributed by atoms with Crippen LogP contribution in [-0.2, 0) is 0 Å². The number of hydrogen-bond acceptors (Lipinski definition) is 4. The lowest BCUT2D eigenvalue weighted by atomic mass is 10.4. The topological polar surface area (TPSA) is 85.2 Å². The van der Waals surface area contributed by atoms with Crippen LogP contribution >= 0.6 is 0 Å². The highest BCUT2D eigenvalue weighted by molar-refractivity contribution is 5.29. The maximum absolute atomic E-state index is 11.0. The van der Waals surface area contributed by atoms with Crippen molar-refractivity contribution in [3.63, 3.8) is 0 Å². The quantitative estimate of drug-likeness (QED) is 0.552. The zero-order valence-electron chi connectivity index (χ0n) is 6.94. The van der Waals surface area contributed by atoms with Crippen molar-refractivity contribution in [1.29, 1.82) is 0 Å². The molecule has 0 saturated heterocycles. The van der Waals surface area contributed by atoms with E-state index in [1.165, 1.54) is 6.07 Å². The summed E-state index contributed by atoms with van der Waals surface area (Å²) in [5, 5.41) is 10.2. The average Bonchev–Trinajstić information content (AvgIpc) is 2.04. The van der Waals surface area contributed by atoms with Crippen molar-refractivity contribution in [3.05, 3.63) is 32.6 Å². The maximum atomic E-state index is 11.0. The average molecular weight is 184 g/mol. The SMILES string of the molecule is CCOc1ccc([N+](=O)[O-])c(=O)[nH]1. The van der Waals surface area contributed by atoms with Crippen LogP contribution in [0.25, 0.3) is 0 Å². The molecular weight excluding hydrogens is 176 g/mol. The summed E-state index contributed by atoms with van der Waals surface area (Å²) in [6.45, 7) is 2.15. The first-order valence-corrected chi connectivity index (χ1v) is 3.65. The van der Waals surface area contributed by atoms with E-state index < -0.39 is 16.2 Å². The number of aromatic amines is 1. The Morgan fingerprint density at radius 1 is 1.62 bits per heavy atom. The van der Waals surface area contributed by atoms with Gasteiger partial charge in [0.05, 0.1) is 11.5 Å². The maximum Gasteiger partial charge on any atom is 0.334 e. The van der Waals surface area contributed by atoms with Crippen molar-refractivity contribution >= 4 is 5.69 Å². The van der Waals surface area contributed by atoms with Gasteiger partial charge in [-0.2, -0.15) is 0 Å². The Bertz CT molecular complexity index is 371. The fourth-order valence-electron chi connectivity index (χ4n) is 0.831. The molecule has 1 aromatic rings. The first-order chi connectivity index (χ1) is 6.15. The molecule has 0 aliphatic rings. The summed E-state index contributed by atoms with van der Waals surface area (Å²) >= 11 is 0. The third-order valence-electron chi connectivity index (χ3n) is 1.36. The lowest BCUT2D eigenvalue weighted by Gasteiger charge is -2.00. The highest BCUT2D eigenvalue weighted by atomic mass is 16.6. The Morgan fingerprint density at radius 3 is 2.77 bits per heavy atom. The molecule has 1 aromatic heterocycles. The molecule has 0 radical (unpaired) electrons. The largest absolute Gasteiger partial charge is 0.479 e. The van der Waals surface area contributed by atoms with E-state index in [2.05, 4.69) is 4.98 Å². The summed E-state index contributed by atoms with van der Waals surface area (Å²) in [5.41, 5.74) is -1.24. The molecule has 0 unspecified atom stereocenters. The smallest absolute Gasteiger partial charge is 0.334 e. The summed E-state index contributed by atoms with van der Waals surface area (Å²) in [7, 11) is 0. The molecule has 0 amide bonds. The molecule has 6 heteroatoms. The minimum atomic E-state index is -0.754. The van der Waals surface area contributed by atoms with Crippen LogP contribution in [0.4, 0.5) is 5.69 Å². The van der Waals surface area contributed by atoms with Gasteiger partial charge in [-0.3, -0.25) is 19.9 Å².